The molecule has 34 heavy (non-hydrogen) atoms. The highest BCUT2D eigenvalue weighted by Crippen LogP contribution is 2.44. The largest absolute Gasteiger partial charge is 0.496 e. The molecule has 4 nitrogen and oxygen atoms in total. The highest BCUT2D eigenvalue weighted by molar-refractivity contribution is 5.79. The van der Waals surface area contributed by atoms with E-state index in [4.69, 9.17) is 9.47 Å². The molecule has 0 aliphatic heterocycles. The number of rotatable bonds is 7. The number of nitrogens with one attached hydrogen (secondary N) is 1. The maximum Gasteiger partial charge on any atom is 0.416 e. The van der Waals surface area contributed by atoms with E-state index >= 15 is 0 Å². The number of alkyl halides is 3. The second kappa shape index (κ2) is 10.0. The van der Waals surface area contributed by atoms with Crippen LogP contribution in [0.3, 0.4) is 0 Å². The molecule has 3 aromatic rings. The molecule has 0 unspecified atom stereocenters. The highest BCUT2D eigenvalue weighted by Gasteiger charge is 2.31. The summed E-state index contributed by atoms with van der Waals surface area (Å²) in [4.78, 5) is 12.2. The SMILES string of the molecule is COc1cc(C(F)(F)F)ccc1C=CCCNC(=O)OCC1c2ccccc2-c2ccccc21. The first-order valence-corrected chi connectivity index (χ1v) is 10.9. The maximum absolute atomic E-state index is 12.8. The van der Waals surface area contributed by atoms with Crippen LogP contribution in [0.4, 0.5) is 18.0 Å². The molecule has 0 fully saturated rings. The van der Waals surface area contributed by atoms with Gasteiger partial charge >= 0.3 is 12.3 Å². The molecule has 0 bridgehead atoms. The molecule has 1 aliphatic rings. The Morgan fingerprint density at radius 3 is 2.26 bits per heavy atom. The van der Waals surface area contributed by atoms with Crippen LogP contribution in [-0.4, -0.2) is 26.4 Å². The van der Waals surface area contributed by atoms with E-state index in [-0.39, 0.29) is 18.3 Å². The zero-order valence-electron chi connectivity index (χ0n) is 18.6. The Hall–Kier alpha value is -3.74. The number of amides is 1. The Labute approximate surface area is 196 Å². The minimum absolute atomic E-state index is 0.00909. The zero-order valence-corrected chi connectivity index (χ0v) is 18.6. The number of fused-ring (bicyclic) bond motifs is 3. The van der Waals surface area contributed by atoms with Crippen LogP contribution < -0.4 is 10.1 Å². The van der Waals surface area contributed by atoms with Gasteiger partial charge in [0, 0.05) is 18.0 Å². The lowest BCUT2D eigenvalue weighted by Gasteiger charge is -2.14. The molecule has 0 saturated carbocycles. The van der Waals surface area contributed by atoms with Gasteiger partial charge in [-0.2, -0.15) is 13.2 Å². The van der Waals surface area contributed by atoms with E-state index in [9.17, 15) is 18.0 Å². The third kappa shape index (κ3) is 5.09. The van der Waals surface area contributed by atoms with Gasteiger partial charge in [0.1, 0.15) is 12.4 Å². The fraction of sp³-hybridized carbons (Fsp3) is 0.222. The van der Waals surface area contributed by atoms with E-state index in [1.165, 1.54) is 13.2 Å². The summed E-state index contributed by atoms with van der Waals surface area (Å²) in [5.74, 6) is 0.126. The molecule has 176 valence electrons. The summed E-state index contributed by atoms with van der Waals surface area (Å²) in [5.41, 5.74) is 4.37. The number of hydrogen-bond donors (Lipinski definition) is 1. The second-order valence-corrected chi connectivity index (χ2v) is 7.90. The number of hydrogen-bond acceptors (Lipinski definition) is 3. The van der Waals surface area contributed by atoms with Crippen LogP contribution in [0.1, 0.15) is 34.6 Å². The summed E-state index contributed by atoms with van der Waals surface area (Å²) in [7, 11) is 1.32. The van der Waals surface area contributed by atoms with Crippen molar-refractivity contribution in [2.24, 2.45) is 0 Å². The molecule has 1 N–H and O–H groups in total. The molecule has 0 aromatic heterocycles. The van der Waals surface area contributed by atoms with Gasteiger partial charge in [-0.15, -0.1) is 0 Å². The first-order chi connectivity index (χ1) is 16.4. The van der Waals surface area contributed by atoms with Crippen LogP contribution in [0, 0.1) is 0 Å². The van der Waals surface area contributed by atoms with E-state index < -0.39 is 17.8 Å². The fourth-order valence-electron chi connectivity index (χ4n) is 4.14. The Balaban J connectivity index is 1.28. The molecular weight excluding hydrogens is 443 g/mol. The average Bonchev–Trinajstić information content (AvgIpc) is 3.15. The number of carbonyl (C=O) groups excluding carboxylic acids is 1. The van der Waals surface area contributed by atoms with Crippen molar-refractivity contribution in [3.05, 3.63) is 95.1 Å². The molecule has 4 rings (SSSR count). The topological polar surface area (TPSA) is 47.6 Å². The molecule has 0 heterocycles. The molecule has 7 heteroatoms. The van der Waals surface area contributed by atoms with Crippen LogP contribution in [-0.2, 0) is 10.9 Å². The van der Waals surface area contributed by atoms with E-state index in [0.29, 0.717) is 18.5 Å². The van der Waals surface area contributed by atoms with E-state index in [1.807, 2.05) is 24.3 Å². The Morgan fingerprint density at radius 1 is 1.00 bits per heavy atom. The summed E-state index contributed by atoms with van der Waals surface area (Å²) >= 11 is 0. The van der Waals surface area contributed by atoms with Crippen molar-refractivity contribution in [2.75, 3.05) is 20.3 Å². The standard InChI is InChI=1S/C27H24F3NO3/c1-33-25-16-19(27(28,29)30)14-13-18(25)8-6-7-15-31-26(32)34-17-24-22-11-4-2-9-20(22)21-10-3-5-12-23(21)24/h2-6,8-14,16,24H,7,15,17H2,1H3,(H,31,32). The van der Waals surface area contributed by atoms with Gasteiger partial charge in [-0.1, -0.05) is 66.7 Å². The number of carbonyl (C=O) groups is 1. The van der Waals surface area contributed by atoms with Crippen molar-refractivity contribution < 1.29 is 27.4 Å². The van der Waals surface area contributed by atoms with Gasteiger partial charge in [0.15, 0.2) is 0 Å². The quantitative estimate of drug-likeness (QED) is 0.396. The number of ether oxygens (including phenoxy) is 2. The molecule has 0 radical (unpaired) electrons. The molecule has 3 aromatic carbocycles. The molecule has 1 amide bonds. The van der Waals surface area contributed by atoms with Crippen LogP contribution in [0.2, 0.25) is 0 Å². The lowest BCUT2D eigenvalue weighted by atomic mass is 9.98. The van der Waals surface area contributed by atoms with Gasteiger partial charge in [-0.05, 0) is 40.8 Å². The molecule has 0 saturated heterocycles. The van der Waals surface area contributed by atoms with Gasteiger partial charge < -0.3 is 14.8 Å². The minimum atomic E-state index is -4.43. The lowest BCUT2D eigenvalue weighted by Crippen LogP contribution is -2.26. The van der Waals surface area contributed by atoms with Gasteiger partial charge in [-0.3, -0.25) is 0 Å². The normalized spacial score (nSPS) is 12.9. The molecule has 1 aliphatic carbocycles. The van der Waals surface area contributed by atoms with Crippen molar-refractivity contribution in [3.8, 4) is 16.9 Å². The first-order valence-electron chi connectivity index (χ1n) is 10.9. The summed E-state index contributed by atoms with van der Waals surface area (Å²) < 4.78 is 49.1. The number of methoxy groups -OCH3 is 1. The number of benzene rings is 3. The van der Waals surface area contributed by atoms with Crippen molar-refractivity contribution in [2.45, 2.75) is 18.5 Å². The predicted octanol–water partition coefficient (Wildman–Crippen LogP) is 6.66. The van der Waals surface area contributed by atoms with E-state index in [1.54, 1.807) is 12.2 Å². The molecule has 0 spiro atoms. The summed E-state index contributed by atoms with van der Waals surface area (Å²) in [6, 6.07) is 19.6. The highest BCUT2D eigenvalue weighted by atomic mass is 19.4. The number of halogens is 3. The van der Waals surface area contributed by atoms with E-state index in [2.05, 4.69) is 29.6 Å². The average molecular weight is 467 g/mol. The van der Waals surface area contributed by atoms with Gasteiger partial charge in [0.2, 0.25) is 0 Å². The smallest absolute Gasteiger partial charge is 0.416 e. The van der Waals surface area contributed by atoms with Crippen LogP contribution >= 0.6 is 0 Å². The van der Waals surface area contributed by atoms with Gasteiger partial charge in [0.05, 0.1) is 12.7 Å². The van der Waals surface area contributed by atoms with Crippen molar-refractivity contribution in [1.29, 1.82) is 0 Å². The third-order valence-electron chi connectivity index (χ3n) is 5.78. The Bertz CT molecular complexity index is 1160. The van der Waals surface area contributed by atoms with Gasteiger partial charge in [-0.25, -0.2) is 4.79 Å². The third-order valence-corrected chi connectivity index (χ3v) is 5.78. The van der Waals surface area contributed by atoms with Crippen LogP contribution in [0.5, 0.6) is 5.75 Å². The van der Waals surface area contributed by atoms with Crippen LogP contribution in [0.25, 0.3) is 17.2 Å². The summed E-state index contributed by atoms with van der Waals surface area (Å²) in [6.45, 7) is 0.564. The van der Waals surface area contributed by atoms with E-state index in [0.717, 1.165) is 34.4 Å². The summed E-state index contributed by atoms with van der Waals surface area (Å²) in [6.07, 6.45) is -1.04. The van der Waals surface area contributed by atoms with Crippen molar-refractivity contribution >= 4 is 12.2 Å². The molecular formula is C27H24F3NO3. The minimum Gasteiger partial charge on any atom is -0.496 e. The maximum atomic E-state index is 12.8. The van der Waals surface area contributed by atoms with Gasteiger partial charge in [0.25, 0.3) is 0 Å². The first kappa shape index (κ1) is 23.4. The zero-order chi connectivity index (χ0) is 24.1. The fourth-order valence-corrected chi connectivity index (χ4v) is 4.14. The summed E-state index contributed by atoms with van der Waals surface area (Å²) in [5, 5.41) is 2.71. The monoisotopic (exact) mass is 467 g/mol. The second-order valence-electron chi connectivity index (χ2n) is 7.90. The predicted molar refractivity (Wildman–Crippen MR) is 125 cm³/mol. The van der Waals surface area contributed by atoms with Crippen molar-refractivity contribution in [3.63, 3.8) is 0 Å². The number of alkyl carbamates (subject to hydrolysis) is 1. The van der Waals surface area contributed by atoms with Crippen molar-refractivity contribution in [1.82, 2.24) is 5.32 Å². The Morgan fingerprint density at radius 2 is 1.65 bits per heavy atom. The Kier molecular flexibility index (Phi) is 6.91. The lowest BCUT2D eigenvalue weighted by molar-refractivity contribution is -0.137. The van der Waals surface area contributed by atoms with Crippen LogP contribution in [0.15, 0.2) is 72.8 Å². The molecule has 0 atom stereocenters.